The number of hydrogen-bond donors (Lipinski definition) is 1. The molecule has 2 aromatic heterocycles. The van der Waals surface area contributed by atoms with Crippen molar-refractivity contribution in [3.05, 3.63) is 17.3 Å². The molecule has 1 unspecified atom stereocenters. The van der Waals surface area contributed by atoms with Crippen molar-refractivity contribution in [3.63, 3.8) is 0 Å². The SMILES string of the molecule is Cc1cc2c(NCC(C)Cl)ncnc2s1. The van der Waals surface area contributed by atoms with Crippen LogP contribution in [-0.4, -0.2) is 21.9 Å². The molecule has 0 radical (unpaired) electrons. The van der Waals surface area contributed by atoms with Crippen molar-refractivity contribution < 1.29 is 0 Å². The van der Waals surface area contributed by atoms with Gasteiger partial charge in [0.2, 0.25) is 0 Å². The maximum atomic E-state index is 5.88. The summed E-state index contributed by atoms with van der Waals surface area (Å²) in [7, 11) is 0. The van der Waals surface area contributed by atoms with Gasteiger partial charge in [-0.1, -0.05) is 0 Å². The van der Waals surface area contributed by atoms with Crippen LogP contribution in [0.1, 0.15) is 11.8 Å². The van der Waals surface area contributed by atoms with E-state index in [1.165, 1.54) is 4.88 Å². The lowest BCUT2D eigenvalue weighted by Crippen LogP contribution is -2.11. The summed E-state index contributed by atoms with van der Waals surface area (Å²) in [6, 6.07) is 2.10. The van der Waals surface area contributed by atoms with Gasteiger partial charge >= 0.3 is 0 Å². The first-order valence-corrected chi connectivity index (χ1v) is 6.01. The lowest BCUT2D eigenvalue weighted by molar-refractivity contribution is 0.978. The first-order valence-electron chi connectivity index (χ1n) is 4.76. The van der Waals surface area contributed by atoms with Crippen LogP contribution in [0.25, 0.3) is 10.2 Å². The van der Waals surface area contributed by atoms with Crippen LogP contribution in [-0.2, 0) is 0 Å². The molecule has 0 amide bonds. The van der Waals surface area contributed by atoms with Crippen LogP contribution in [0.3, 0.4) is 0 Å². The summed E-state index contributed by atoms with van der Waals surface area (Å²) in [5.41, 5.74) is 0. The van der Waals surface area contributed by atoms with Gasteiger partial charge in [0.15, 0.2) is 0 Å². The Morgan fingerprint density at radius 1 is 1.53 bits per heavy atom. The molecule has 3 nitrogen and oxygen atoms in total. The zero-order valence-electron chi connectivity index (χ0n) is 8.62. The van der Waals surface area contributed by atoms with E-state index in [0.29, 0.717) is 6.54 Å². The Bertz CT molecular complexity index is 467. The average Bonchev–Trinajstić information content (AvgIpc) is 2.55. The van der Waals surface area contributed by atoms with Gasteiger partial charge in [-0.25, -0.2) is 9.97 Å². The molecule has 0 bridgehead atoms. The number of fused-ring (bicyclic) bond motifs is 1. The minimum absolute atomic E-state index is 0.0924. The third-order valence-electron chi connectivity index (χ3n) is 2.00. The molecule has 0 aliphatic carbocycles. The van der Waals surface area contributed by atoms with Crippen LogP contribution < -0.4 is 5.32 Å². The van der Waals surface area contributed by atoms with E-state index in [2.05, 4.69) is 28.3 Å². The van der Waals surface area contributed by atoms with Gasteiger partial charge in [-0.2, -0.15) is 0 Å². The number of rotatable bonds is 3. The number of hydrogen-bond acceptors (Lipinski definition) is 4. The highest BCUT2D eigenvalue weighted by Crippen LogP contribution is 2.27. The number of aromatic nitrogens is 2. The fourth-order valence-corrected chi connectivity index (χ4v) is 2.28. The highest BCUT2D eigenvalue weighted by molar-refractivity contribution is 7.18. The van der Waals surface area contributed by atoms with E-state index >= 15 is 0 Å². The van der Waals surface area contributed by atoms with E-state index in [-0.39, 0.29) is 5.38 Å². The summed E-state index contributed by atoms with van der Waals surface area (Å²) in [6.45, 7) is 4.73. The van der Waals surface area contributed by atoms with E-state index in [4.69, 9.17) is 11.6 Å². The van der Waals surface area contributed by atoms with E-state index in [1.807, 2.05) is 6.92 Å². The van der Waals surface area contributed by atoms with Crippen LogP contribution in [0.5, 0.6) is 0 Å². The van der Waals surface area contributed by atoms with Gasteiger partial charge in [0, 0.05) is 16.8 Å². The number of anilines is 1. The third kappa shape index (κ3) is 2.38. The second-order valence-corrected chi connectivity index (χ2v) is 5.44. The molecule has 0 aromatic carbocycles. The van der Waals surface area contributed by atoms with Gasteiger partial charge in [-0.05, 0) is 19.9 Å². The Labute approximate surface area is 97.5 Å². The summed E-state index contributed by atoms with van der Waals surface area (Å²) in [5.74, 6) is 0.872. The smallest absolute Gasteiger partial charge is 0.138 e. The minimum Gasteiger partial charge on any atom is -0.368 e. The standard InChI is InChI=1S/C10H12ClN3S/c1-6(11)4-12-9-8-3-7(2)15-10(8)14-5-13-9/h3,5-6H,4H2,1-2H3,(H,12,13,14). The predicted molar refractivity (Wildman–Crippen MR) is 66.0 cm³/mol. The Balaban J connectivity index is 2.33. The molecule has 2 heterocycles. The average molecular weight is 242 g/mol. The summed E-state index contributed by atoms with van der Waals surface area (Å²) in [5, 5.41) is 4.40. The second-order valence-electron chi connectivity index (χ2n) is 3.46. The van der Waals surface area contributed by atoms with Crippen molar-refractivity contribution >= 4 is 39.0 Å². The Kier molecular flexibility index (Phi) is 3.07. The molecule has 0 fully saturated rings. The van der Waals surface area contributed by atoms with Crippen molar-refractivity contribution in [3.8, 4) is 0 Å². The van der Waals surface area contributed by atoms with Crippen LogP contribution >= 0.6 is 22.9 Å². The first-order chi connectivity index (χ1) is 7.16. The van der Waals surface area contributed by atoms with Gasteiger partial charge in [0.05, 0.1) is 5.39 Å². The molecule has 0 aliphatic rings. The van der Waals surface area contributed by atoms with E-state index in [1.54, 1.807) is 17.7 Å². The first kappa shape index (κ1) is 10.6. The number of halogens is 1. The minimum atomic E-state index is 0.0924. The Morgan fingerprint density at radius 3 is 3.07 bits per heavy atom. The van der Waals surface area contributed by atoms with Crippen LogP contribution in [0.15, 0.2) is 12.4 Å². The maximum absolute atomic E-state index is 5.88. The maximum Gasteiger partial charge on any atom is 0.138 e. The Morgan fingerprint density at radius 2 is 2.33 bits per heavy atom. The summed E-state index contributed by atoms with van der Waals surface area (Å²) >= 11 is 7.56. The monoisotopic (exact) mass is 241 g/mol. The van der Waals surface area contributed by atoms with Crippen molar-refractivity contribution in [2.75, 3.05) is 11.9 Å². The largest absolute Gasteiger partial charge is 0.368 e. The number of thiophene rings is 1. The normalized spacial score (nSPS) is 13.0. The molecule has 0 spiro atoms. The number of alkyl halides is 1. The molecule has 15 heavy (non-hydrogen) atoms. The lowest BCUT2D eigenvalue weighted by Gasteiger charge is -2.06. The fraction of sp³-hybridized carbons (Fsp3) is 0.400. The van der Waals surface area contributed by atoms with E-state index < -0.39 is 0 Å². The Hall–Kier alpha value is -0.870. The van der Waals surface area contributed by atoms with Gasteiger partial charge in [-0.3, -0.25) is 0 Å². The zero-order chi connectivity index (χ0) is 10.8. The number of nitrogens with zero attached hydrogens (tertiary/aromatic N) is 2. The quantitative estimate of drug-likeness (QED) is 0.840. The highest BCUT2D eigenvalue weighted by Gasteiger charge is 2.06. The van der Waals surface area contributed by atoms with Gasteiger partial charge in [0.1, 0.15) is 17.0 Å². The van der Waals surface area contributed by atoms with E-state index in [0.717, 1.165) is 16.0 Å². The molecule has 80 valence electrons. The molecule has 5 heteroatoms. The van der Waals surface area contributed by atoms with Crippen molar-refractivity contribution in [2.45, 2.75) is 19.2 Å². The van der Waals surface area contributed by atoms with Gasteiger partial charge < -0.3 is 5.32 Å². The molecule has 0 saturated carbocycles. The van der Waals surface area contributed by atoms with Crippen LogP contribution in [0.4, 0.5) is 5.82 Å². The number of nitrogens with one attached hydrogen (secondary N) is 1. The molecule has 2 rings (SSSR count). The molecular formula is C10H12ClN3S. The lowest BCUT2D eigenvalue weighted by atomic mass is 10.3. The molecule has 0 aliphatic heterocycles. The topological polar surface area (TPSA) is 37.8 Å². The summed E-state index contributed by atoms with van der Waals surface area (Å²) < 4.78 is 0. The predicted octanol–water partition coefficient (Wildman–Crippen LogP) is 3.04. The zero-order valence-corrected chi connectivity index (χ0v) is 10.2. The highest BCUT2D eigenvalue weighted by atomic mass is 35.5. The fourth-order valence-electron chi connectivity index (χ4n) is 1.35. The summed E-state index contributed by atoms with van der Waals surface area (Å²) in [6.07, 6.45) is 1.58. The number of aryl methyl sites for hydroxylation is 1. The molecule has 0 saturated heterocycles. The van der Waals surface area contributed by atoms with Gasteiger partial charge in [0.25, 0.3) is 0 Å². The van der Waals surface area contributed by atoms with Crippen LogP contribution in [0.2, 0.25) is 0 Å². The molecule has 2 aromatic rings. The van der Waals surface area contributed by atoms with Crippen molar-refractivity contribution in [1.82, 2.24) is 9.97 Å². The molecule has 1 atom stereocenters. The van der Waals surface area contributed by atoms with Gasteiger partial charge in [-0.15, -0.1) is 22.9 Å². The second kappa shape index (κ2) is 4.33. The third-order valence-corrected chi connectivity index (χ3v) is 3.12. The summed E-state index contributed by atoms with van der Waals surface area (Å²) in [4.78, 5) is 10.7. The van der Waals surface area contributed by atoms with Crippen LogP contribution in [0, 0.1) is 6.92 Å². The molecular weight excluding hydrogens is 230 g/mol. The van der Waals surface area contributed by atoms with Crippen molar-refractivity contribution in [2.24, 2.45) is 0 Å². The van der Waals surface area contributed by atoms with E-state index in [9.17, 15) is 0 Å². The molecule has 1 N–H and O–H groups in total. The van der Waals surface area contributed by atoms with Crippen molar-refractivity contribution in [1.29, 1.82) is 0 Å².